The first kappa shape index (κ1) is 51.9. The summed E-state index contributed by atoms with van der Waals surface area (Å²) in [7, 11) is 0. The van der Waals surface area contributed by atoms with Gasteiger partial charge < -0.3 is 4.89 Å². The summed E-state index contributed by atoms with van der Waals surface area (Å²) in [4.78, 5) is 10.3. The zero-order valence-corrected chi connectivity index (χ0v) is 37.8. The summed E-state index contributed by atoms with van der Waals surface area (Å²) in [5.41, 5.74) is 0. The monoisotopic (exact) mass is 775 g/mol. The molecule has 0 aliphatic carbocycles. The van der Waals surface area contributed by atoms with Crippen LogP contribution in [0.5, 0.6) is 0 Å². The van der Waals surface area contributed by atoms with Crippen LogP contribution in [0.2, 0.25) is 0 Å². The SMILES string of the molecule is CCCCCCCCCCCCCCCCCCCCCCCSP(=O)(O)SCCCCCCCCCCCCCCCCCCCCCCC. The predicted octanol–water partition coefficient (Wildman–Crippen LogP) is 19.0. The normalized spacial score (nSPS) is 12.0. The molecule has 0 aliphatic rings. The van der Waals surface area contributed by atoms with Crippen molar-refractivity contribution in [1.29, 1.82) is 0 Å². The number of hydrogen-bond acceptors (Lipinski definition) is 3. The van der Waals surface area contributed by atoms with Gasteiger partial charge in [-0.15, -0.1) is 0 Å². The number of rotatable bonds is 46. The molecule has 0 atom stereocenters. The molecule has 0 rings (SSSR count). The number of unbranched alkanes of at least 4 members (excludes halogenated alkanes) is 40. The average Bonchev–Trinajstić information content (AvgIpc) is 3.12. The van der Waals surface area contributed by atoms with Crippen molar-refractivity contribution in [2.24, 2.45) is 0 Å². The second kappa shape index (κ2) is 45.3. The summed E-state index contributed by atoms with van der Waals surface area (Å²) in [6, 6.07) is 0. The third-order valence-electron chi connectivity index (χ3n) is 11.0. The Morgan fingerprint density at radius 1 is 0.275 bits per heavy atom. The maximum absolute atomic E-state index is 12.5. The molecule has 0 aromatic heterocycles. The summed E-state index contributed by atoms with van der Waals surface area (Å²) in [5.74, 6) is -1.36. The molecule has 5 heteroatoms. The van der Waals surface area contributed by atoms with E-state index in [4.69, 9.17) is 0 Å². The van der Waals surface area contributed by atoms with E-state index in [1.54, 1.807) is 0 Å². The van der Waals surface area contributed by atoms with Crippen LogP contribution in [0.3, 0.4) is 0 Å². The van der Waals surface area contributed by atoms with E-state index < -0.39 is 5.77 Å². The van der Waals surface area contributed by atoms with Crippen LogP contribution in [0.1, 0.15) is 284 Å². The Bertz CT molecular complexity index is 624. The summed E-state index contributed by atoms with van der Waals surface area (Å²) < 4.78 is 12.5. The highest BCUT2D eigenvalue weighted by Crippen LogP contribution is 2.65. The maximum atomic E-state index is 12.5. The minimum atomic E-state index is -3.05. The van der Waals surface area contributed by atoms with Gasteiger partial charge in [0, 0.05) is 11.5 Å². The van der Waals surface area contributed by atoms with E-state index in [2.05, 4.69) is 13.8 Å². The van der Waals surface area contributed by atoms with E-state index >= 15 is 0 Å². The minimum absolute atomic E-state index is 0.846. The maximum Gasteiger partial charge on any atom is 0.310 e. The summed E-state index contributed by atoms with van der Waals surface area (Å²) in [5, 5.41) is 0. The van der Waals surface area contributed by atoms with Crippen molar-refractivity contribution in [3.63, 3.8) is 0 Å². The van der Waals surface area contributed by atoms with Crippen LogP contribution in [-0.4, -0.2) is 16.4 Å². The Kier molecular flexibility index (Phi) is 46.1. The molecule has 0 saturated carbocycles. The topological polar surface area (TPSA) is 37.3 Å². The van der Waals surface area contributed by atoms with Crippen molar-refractivity contribution in [1.82, 2.24) is 0 Å². The van der Waals surface area contributed by atoms with Gasteiger partial charge in [0.15, 0.2) is 0 Å². The van der Waals surface area contributed by atoms with Crippen molar-refractivity contribution in [2.75, 3.05) is 11.5 Å². The van der Waals surface area contributed by atoms with Gasteiger partial charge in [0.2, 0.25) is 0 Å². The van der Waals surface area contributed by atoms with E-state index in [1.165, 1.54) is 280 Å². The van der Waals surface area contributed by atoms with Gasteiger partial charge in [0.1, 0.15) is 0 Å². The predicted molar refractivity (Wildman–Crippen MR) is 240 cm³/mol. The highest BCUT2D eigenvalue weighted by molar-refractivity contribution is 8.88. The van der Waals surface area contributed by atoms with E-state index in [-0.39, 0.29) is 0 Å². The summed E-state index contributed by atoms with van der Waals surface area (Å²) >= 11 is 2.67. The molecule has 0 saturated heterocycles. The molecular weight excluding hydrogens is 680 g/mol. The van der Waals surface area contributed by atoms with E-state index in [0.29, 0.717) is 0 Å². The Morgan fingerprint density at radius 3 is 0.569 bits per heavy atom. The second-order valence-corrected chi connectivity index (χ2v) is 23.8. The van der Waals surface area contributed by atoms with Gasteiger partial charge in [0.05, 0.1) is 0 Å². The van der Waals surface area contributed by atoms with Crippen LogP contribution in [0.15, 0.2) is 0 Å². The summed E-state index contributed by atoms with van der Waals surface area (Å²) in [6.45, 7) is 4.60. The van der Waals surface area contributed by atoms with Crippen molar-refractivity contribution < 1.29 is 9.46 Å². The first-order chi connectivity index (χ1) is 25.1. The lowest BCUT2D eigenvalue weighted by Gasteiger charge is -2.10. The van der Waals surface area contributed by atoms with E-state index in [0.717, 1.165) is 24.3 Å². The lowest BCUT2D eigenvalue weighted by molar-refractivity contribution is 0.514. The fourth-order valence-corrected chi connectivity index (χ4v) is 13.1. The minimum Gasteiger partial charge on any atom is -0.329 e. The molecule has 0 unspecified atom stereocenters. The first-order valence-corrected chi connectivity index (χ1v) is 28.6. The highest BCUT2D eigenvalue weighted by atomic mass is 33.1. The van der Waals surface area contributed by atoms with Crippen LogP contribution in [0, 0.1) is 0 Å². The Labute approximate surface area is 331 Å². The summed E-state index contributed by atoms with van der Waals surface area (Å²) in [6.07, 6.45) is 58.7. The van der Waals surface area contributed by atoms with Gasteiger partial charge in [0.25, 0.3) is 0 Å². The van der Waals surface area contributed by atoms with E-state index in [1.807, 2.05) is 0 Å². The third-order valence-corrected chi connectivity index (χ3v) is 17.6. The lowest BCUT2D eigenvalue weighted by atomic mass is 10.0. The van der Waals surface area contributed by atoms with Crippen LogP contribution >= 0.6 is 28.5 Å². The fourth-order valence-electron chi connectivity index (χ4n) is 7.47. The first-order valence-electron chi connectivity index (χ1n) is 23.7. The van der Waals surface area contributed by atoms with Crippen molar-refractivity contribution in [2.45, 2.75) is 284 Å². The molecule has 0 aromatic rings. The van der Waals surface area contributed by atoms with Crippen molar-refractivity contribution in [3.8, 4) is 0 Å². The standard InChI is InChI=1S/C46H95O2PS2/c1-3-5-7-9-11-13-15-17-19-21-23-25-27-29-31-33-35-37-39-41-43-45-50-49(47,48)51-46-44-42-40-38-36-34-32-30-28-26-24-22-20-18-16-14-12-10-8-6-4-2/h3-46H2,1-2H3,(H,47,48). The zero-order chi connectivity index (χ0) is 37.0. The smallest absolute Gasteiger partial charge is 0.310 e. The molecule has 0 spiro atoms. The zero-order valence-electron chi connectivity index (χ0n) is 35.2. The molecule has 0 radical (unpaired) electrons. The second-order valence-electron chi connectivity index (χ2n) is 16.3. The molecular formula is C46H95O2PS2. The number of hydrogen-bond donors (Lipinski definition) is 1. The van der Waals surface area contributed by atoms with Crippen molar-refractivity contribution >= 4 is 28.5 Å². The van der Waals surface area contributed by atoms with Gasteiger partial charge in [-0.1, -0.05) is 293 Å². The fraction of sp³-hybridized carbons (Fsp3) is 1.00. The Morgan fingerprint density at radius 2 is 0.412 bits per heavy atom. The Hall–Kier alpha value is 0.890. The molecule has 0 bridgehead atoms. The average molecular weight is 775 g/mol. The van der Waals surface area contributed by atoms with Crippen molar-refractivity contribution in [3.05, 3.63) is 0 Å². The van der Waals surface area contributed by atoms with Crippen LogP contribution in [0.25, 0.3) is 0 Å². The Balaban J connectivity index is 3.24. The molecule has 51 heavy (non-hydrogen) atoms. The molecule has 0 amide bonds. The van der Waals surface area contributed by atoms with Gasteiger partial charge >= 0.3 is 5.77 Å². The molecule has 2 nitrogen and oxygen atoms in total. The van der Waals surface area contributed by atoms with E-state index in [9.17, 15) is 9.46 Å². The van der Waals surface area contributed by atoms with Crippen LogP contribution in [0.4, 0.5) is 0 Å². The van der Waals surface area contributed by atoms with Gasteiger partial charge in [-0.25, -0.2) is 0 Å². The largest absolute Gasteiger partial charge is 0.329 e. The molecule has 0 aliphatic heterocycles. The lowest BCUT2D eigenvalue weighted by Crippen LogP contribution is -1.86. The molecule has 0 aromatic carbocycles. The van der Waals surface area contributed by atoms with Crippen LogP contribution in [-0.2, 0) is 4.57 Å². The molecule has 0 heterocycles. The van der Waals surface area contributed by atoms with Gasteiger partial charge in [-0.2, -0.15) is 0 Å². The third kappa shape index (κ3) is 47.0. The molecule has 0 fully saturated rings. The van der Waals surface area contributed by atoms with Gasteiger partial charge in [-0.3, -0.25) is 4.57 Å². The van der Waals surface area contributed by atoms with Crippen LogP contribution < -0.4 is 0 Å². The molecule has 1 N–H and O–H groups in total. The van der Waals surface area contributed by atoms with Gasteiger partial charge in [-0.05, 0) is 12.8 Å². The quantitative estimate of drug-likeness (QED) is 0.0494. The molecule has 308 valence electrons. The highest BCUT2D eigenvalue weighted by Gasteiger charge is 2.18.